The Morgan fingerprint density at radius 1 is 1.24 bits per heavy atom. The molecule has 0 unspecified atom stereocenters. The summed E-state index contributed by atoms with van der Waals surface area (Å²) in [5.41, 5.74) is 1.60. The summed E-state index contributed by atoms with van der Waals surface area (Å²) < 4.78 is 23.6. The number of aliphatic carboxylic acids is 1. The fourth-order valence-corrected chi connectivity index (χ4v) is 2.09. The zero-order valence-corrected chi connectivity index (χ0v) is 13.7. The number of nitrogens with zero attached hydrogens (tertiary/aromatic N) is 1. The monoisotopic (exact) mass is 341 g/mol. The molecule has 0 fully saturated rings. The van der Waals surface area contributed by atoms with Crippen LogP contribution >= 0.6 is 0 Å². The van der Waals surface area contributed by atoms with Crippen molar-refractivity contribution in [3.8, 4) is 17.6 Å². The first-order chi connectivity index (χ1) is 11.9. The first-order valence-corrected chi connectivity index (χ1v) is 7.40. The summed E-state index contributed by atoms with van der Waals surface area (Å²) in [7, 11) is 1.44. The molecule has 0 amide bonds. The average Bonchev–Trinajstić information content (AvgIpc) is 2.61. The average molecular weight is 341 g/mol. The SMILES string of the molecule is COc1cc(/C=C(/C#N)c2ccc(F)cc2)ccc1O[C@@H](C)C(=O)O. The highest BCUT2D eigenvalue weighted by molar-refractivity contribution is 5.89. The molecular weight excluding hydrogens is 325 g/mol. The van der Waals surface area contributed by atoms with Crippen LogP contribution in [0.3, 0.4) is 0 Å². The maximum Gasteiger partial charge on any atom is 0.344 e. The number of ether oxygens (including phenoxy) is 2. The van der Waals surface area contributed by atoms with E-state index in [-0.39, 0.29) is 11.6 Å². The number of benzene rings is 2. The van der Waals surface area contributed by atoms with Crippen molar-refractivity contribution in [2.75, 3.05) is 7.11 Å². The van der Waals surface area contributed by atoms with Crippen LogP contribution in [0.1, 0.15) is 18.1 Å². The van der Waals surface area contributed by atoms with Crippen LogP contribution in [0.15, 0.2) is 42.5 Å². The first kappa shape index (κ1) is 18.0. The number of rotatable bonds is 6. The van der Waals surface area contributed by atoms with Crippen LogP contribution in [0.2, 0.25) is 0 Å². The number of allylic oxidation sites excluding steroid dienone is 1. The van der Waals surface area contributed by atoms with Crippen LogP contribution in [0.4, 0.5) is 4.39 Å². The van der Waals surface area contributed by atoms with Crippen molar-refractivity contribution >= 4 is 17.6 Å². The Labute approximate surface area is 144 Å². The molecule has 0 saturated heterocycles. The van der Waals surface area contributed by atoms with Crippen molar-refractivity contribution in [1.82, 2.24) is 0 Å². The summed E-state index contributed by atoms with van der Waals surface area (Å²) in [4.78, 5) is 10.9. The van der Waals surface area contributed by atoms with Crippen molar-refractivity contribution in [3.63, 3.8) is 0 Å². The van der Waals surface area contributed by atoms with Gasteiger partial charge in [0.15, 0.2) is 17.6 Å². The Bertz CT molecular complexity index is 837. The van der Waals surface area contributed by atoms with Gasteiger partial charge >= 0.3 is 5.97 Å². The van der Waals surface area contributed by atoms with Gasteiger partial charge in [0.1, 0.15) is 5.82 Å². The lowest BCUT2D eigenvalue weighted by atomic mass is 10.0. The number of carboxylic acid groups (broad SMARTS) is 1. The van der Waals surface area contributed by atoms with E-state index >= 15 is 0 Å². The molecule has 0 aromatic heterocycles. The van der Waals surface area contributed by atoms with Gasteiger partial charge < -0.3 is 14.6 Å². The van der Waals surface area contributed by atoms with Gasteiger partial charge in [-0.05, 0) is 48.4 Å². The van der Waals surface area contributed by atoms with Crippen LogP contribution < -0.4 is 9.47 Å². The summed E-state index contributed by atoms with van der Waals surface area (Å²) in [5.74, 6) is -0.834. The van der Waals surface area contributed by atoms with Crippen molar-refractivity contribution < 1.29 is 23.8 Å². The van der Waals surface area contributed by atoms with E-state index in [1.165, 1.54) is 38.3 Å². The van der Waals surface area contributed by atoms with E-state index in [0.29, 0.717) is 22.4 Å². The Morgan fingerprint density at radius 3 is 2.48 bits per heavy atom. The number of halogens is 1. The van der Waals surface area contributed by atoms with E-state index in [0.717, 1.165) is 0 Å². The van der Waals surface area contributed by atoms with Crippen molar-refractivity contribution in [3.05, 3.63) is 59.4 Å². The molecule has 0 aliphatic carbocycles. The number of hydrogen-bond acceptors (Lipinski definition) is 4. The van der Waals surface area contributed by atoms with E-state index < -0.39 is 12.1 Å². The summed E-state index contributed by atoms with van der Waals surface area (Å²) in [6, 6.07) is 12.6. The number of nitriles is 1. The molecular formula is C19H16FNO4. The van der Waals surface area contributed by atoms with E-state index in [4.69, 9.17) is 14.6 Å². The smallest absolute Gasteiger partial charge is 0.344 e. The Kier molecular flexibility index (Phi) is 5.75. The minimum Gasteiger partial charge on any atom is -0.493 e. The third kappa shape index (κ3) is 4.58. The molecule has 1 atom stereocenters. The summed E-state index contributed by atoms with van der Waals surface area (Å²) in [6.07, 6.45) is 0.601. The van der Waals surface area contributed by atoms with Crippen molar-refractivity contribution in [2.24, 2.45) is 0 Å². The van der Waals surface area contributed by atoms with Crippen molar-refractivity contribution in [1.29, 1.82) is 5.26 Å². The molecule has 25 heavy (non-hydrogen) atoms. The summed E-state index contributed by atoms with van der Waals surface area (Å²) in [5, 5.41) is 18.3. The Morgan fingerprint density at radius 2 is 1.92 bits per heavy atom. The second kappa shape index (κ2) is 7.97. The topological polar surface area (TPSA) is 79.5 Å². The molecule has 0 saturated carbocycles. The molecule has 2 rings (SSSR count). The number of hydrogen-bond donors (Lipinski definition) is 1. The van der Waals surface area contributed by atoms with E-state index in [1.54, 1.807) is 24.3 Å². The highest BCUT2D eigenvalue weighted by Gasteiger charge is 2.15. The molecule has 6 heteroatoms. The van der Waals surface area contributed by atoms with Gasteiger partial charge in [0.05, 0.1) is 18.8 Å². The molecule has 0 radical (unpaired) electrons. The van der Waals surface area contributed by atoms with Gasteiger partial charge in [0.25, 0.3) is 0 Å². The Hall–Kier alpha value is -3.33. The maximum atomic E-state index is 13.0. The van der Waals surface area contributed by atoms with Gasteiger partial charge in [0.2, 0.25) is 0 Å². The second-order valence-electron chi connectivity index (χ2n) is 5.19. The van der Waals surface area contributed by atoms with Crippen LogP contribution in [0.5, 0.6) is 11.5 Å². The predicted octanol–water partition coefficient (Wildman–Crippen LogP) is 3.75. The standard InChI is InChI=1S/C19H16FNO4/c1-12(19(22)23)25-17-8-3-13(10-18(17)24-2)9-15(11-21)14-4-6-16(20)7-5-14/h3-10,12H,1-2H3,(H,22,23)/b15-9-/t12-/m0/s1. The lowest BCUT2D eigenvalue weighted by molar-refractivity contribution is -0.144. The highest BCUT2D eigenvalue weighted by Crippen LogP contribution is 2.30. The quantitative estimate of drug-likeness (QED) is 0.639. The molecule has 2 aromatic carbocycles. The van der Waals surface area contributed by atoms with Gasteiger partial charge in [-0.2, -0.15) is 5.26 Å². The van der Waals surface area contributed by atoms with Gasteiger partial charge in [-0.1, -0.05) is 18.2 Å². The molecule has 0 aliphatic heterocycles. The van der Waals surface area contributed by atoms with E-state index in [9.17, 15) is 14.4 Å². The van der Waals surface area contributed by atoms with Crippen LogP contribution in [0, 0.1) is 17.1 Å². The van der Waals surface area contributed by atoms with Gasteiger partial charge in [-0.25, -0.2) is 9.18 Å². The summed E-state index contributed by atoms with van der Waals surface area (Å²) >= 11 is 0. The van der Waals surface area contributed by atoms with E-state index in [1.807, 2.05) is 0 Å². The van der Waals surface area contributed by atoms with Gasteiger partial charge in [0, 0.05) is 0 Å². The zero-order chi connectivity index (χ0) is 18.4. The molecule has 0 aliphatic rings. The van der Waals surface area contributed by atoms with Gasteiger partial charge in [-0.3, -0.25) is 0 Å². The number of methoxy groups -OCH3 is 1. The highest BCUT2D eigenvalue weighted by atomic mass is 19.1. The molecule has 2 aromatic rings. The first-order valence-electron chi connectivity index (χ1n) is 7.40. The molecule has 0 spiro atoms. The third-order valence-electron chi connectivity index (χ3n) is 3.43. The zero-order valence-electron chi connectivity index (χ0n) is 13.7. The van der Waals surface area contributed by atoms with Crippen molar-refractivity contribution in [2.45, 2.75) is 13.0 Å². The minimum atomic E-state index is -1.09. The largest absolute Gasteiger partial charge is 0.493 e. The van der Waals surface area contributed by atoms with Crippen LogP contribution in [-0.2, 0) is 4.79 Å². The summed E-state index contributed by atoms with van der Waals surface area (Å²) in [6.45, 7) is 1.41. The Balaban J connectivity index is 2.34. The number of carboxylic acids is 1. The molecule has 128 valence electrons. The maximum absolute atomic E-state index is 13.0. The van der Waals surface area contributed by atoms with Crippen LogP contribution in [0.25, 0.3) is 11.6 Å². The van der Waals surface area contributed by atoms with Crippen LogP contribution in [-0.4, -0.2) is 24.3 Å². The second-order valence-corrected chi connectivity index (χ2v) is 5.19. The molecule has 0 heterocycles. The molecule has 1 N–H and O–H groups in total. The number of carbonyl (C=O) groups is 1. The lowest BCUT2D eigenvalue weighted by Crippen LogP contribution is -2.23. The molecule has 5 nitrogen and oxygen atoms in total. The van der Waals surface area contributed by atoms with E-state index in [2.05, 4.69) is 6.07 Å². The molecule has 0 bridgehead atoms. The third-order valence-corrected chi connectivity index (χ3v) is 3.43. The fraction of sp³-hybridized carbons (Fsp3) is 0.158. The van der Waals surface area contributed by atoms with Gasteiger partial charge in [-0.15, -0.1) is 0 Å². The normalized spacial score (nSPS) is 12.2. The predicted molar refractivity (Wildman–Crippen MR) is 90.6 cm³/mol. The fourth-order valence-electron chi connectivity index (χ4n) is 2.09. The lowest BCUT2D eigenvalue weighted by Gasteiger charge is -2.14. The minimum absolute atomic E-state index is 0.287.